The number of esters is 1. The predicted octanol–water partition coefficient (Wildman–Crippen LogP) is -0.167. The number of hydrogen-bond acceptors (Lipinski definition) is 5. The van der Waals surface area contributed by atoms with E-state index in [9.17, 15) is 9.59 Å². The molecular formula is C9H10N4O3. The maximum atomic E-state index is 11.5. The van der Waals surface area contributed by atoms with Crippen LogP contribution in [0.5, 0.6) is 0 Å². The zero-order valence-corrected chi connectivity index (χ0v) is 8.85. The Morgan fingerprint density at radius 1 is 1.62 bits per heavy atom. The highest BCUT2D eigenvalue weighted by Gasteiger charge is 2.15. The number of rotatable bonds is 2. The van der Waals surface area contributed by atoms with Gasteiger partial charge in [-0.15, -0.1) is 0 Å². The lowest BCUT2D eigenvalue weighted by atomic mass is 10.4. The Labute approximate surface area is 90.1 Å². The van der Waals surface area contributed by atoms with Gasteiger partial charge in [0.2, 0.25) is 5.69 Å². The normalized spacial score (nSPS) is 10.6. The number of nitrogens with one attached hydrogen (secondary N) is 1. The second-order valence-corrected chi connectivity index (χ2v) is 3.14. The fourth-order valence-corrected chi connectivity index (χ4v) is 1.33. The molecule has 0 saturated carbocycles. The van der Waals surface area contributed by atoms with Gasteiger partial charge in [-0.3, -0.25) is 9.48 Å². The number of aromatic nitrogens is 4. The molecular weight excluding hydrogens is 212 g/mol. The van der Waals surface area contributed by atoms with E-state index in [-0.39, 0.29) is 12.3 Å². The SMILES string of the molecule is CCOC(=O)c1nc2cnn(C)c2[nH]c1=O. The fourth-order valence-electron chi connectivity index (χ4n) is 1.33. The molecule has 7 nitrogen and oxygen atoms in total. The average molecular weight is 222 g/mol. The van der Waals surface area contributed by atoms with Crippen molar-refractivity contribution < 1.29 is 9.53 Å². The Bertz CT molecular complexity index is 598. The summed E-state index contributed by atoms with van der Waals surface area (Å²) in [7, 11) is 1.67. The molecule has 2 aromatic heterocycles. The molecule has 0 fully saturated rings. The number of carbonyl (C=O) groups excluding carboxylic acids is 1. The van der Waals surface area contributed by atoms with Gasteiger partial charge in [-0.25, -0.2) is 9.78 Å². The monoisotopic (exact) mass is 222 g/mol. The summed E-state index contributed by atoms with van der Waals surface area (Å²) in [5.41, 5.74) is 0.0973. The van der Waals surface area contributed by atoms with E-state index in [1.54, 1.807) is 14.0 Å². The molecule has 2 rings (SSSR count). The molecule has 0 unspecified atom stereocenters. The zero-order chi connectivity index (χ0) is 11.7. The minimum Gasteiger partial charge on any atom is -0.461 e. The van der Waals surface area contributed by atoms with E-state index in [2.05, 4.69) is 15.1 Å². The fraction of sp³-hybridized carbons (Fsp3) is 0.333. The van der Waals surface area contributed by atoms with Crippen LogP contribution in [-0.2, 0) is 11.8 Å². The molecule has 0 bridgehead atoms. The number of H-pyrrole nitrogens is 1. The predicted molar refractivity (Wildman–Crippen MR) is 55.1 cm³/mol. The Kier molecular flexibility index (Phi) is 2.43. The van der Waals surface area contributed by atoms with Crippen LogP contribution in [0.3, 0.4) is 0 Å². The van der Waals surface area contributed by atoms with Crippen LogP contribution in [0.15, 0.2) is 11.0 Å². The van der Waals surface area contributed by atoms with E-state index in [4.69, 9.17) is 4.74 Å². The molecule has 0 amide bonds. The molecule has 84 valence electrons. The van der Waals surface area contributed by atoms with Crippen molar-refractivity contribution in [2.24, 2.45) is 7.05 Å². The van der Waals surface area contributed by atoms with E-state index in [0.29, 0.717) is 11.2 Å². The first-order chi connectivity index (χ1) is 7.63. The number of nitrogens with zero attached hydrogens (tertiary/aromatic N) is 3. The Balaban J connectivity index is 2.59. The van der Waals surface area contributed by atoms with E-state index in [0.717, 1.165) is 0 Å². The highest BCUT2D eigenvalue weighted by atomic mass is 16.5. The third-order valence-corrected chi connectivity index (χ3v) is 2.07. The van der Waals surface area contributed by atoms with E-state index in [1.807, 2.05) is 0 Å². The van der Waals surface area contributed by atoms with Gasteiger partial charge in [0.15, 0.2) is 5.65 Å². The summed E-state index contributed by atoms with van der Waals surface area (Å²) < 4.78 is 6.19. The second kappa shape index (κ2) is 3.76. The van der Waals surface area contributed by atoms with Gasteiger partial charge in [0.1, 0.15) is 5.52 Å². The minimum atomic E-state index is -0.727. The molecule has 2 aromatic rings. The Hall–Kier alpha value is -2.18. The van der Waals surface area contributed by atoms with Crippen molar-refractivity contribution in [3.63, 3.8) is 0 Å². The summed E-state index contributed by atoms with van der Waals surface area (Å²) >= 11 is 0. The van der Waals surface area contributed by atoms with Crippen LogP contribution in [0.2, 0.25) is 0 Å². The van der Waals surface area contributed by atoms with Crippen molar-refractivity contribution >= 4 is 17.1 Å². The van der Waals surface area contributed by atoms with Crippen LogP contribution in [0.1, 0.15) is 17.4 Å². The van der Waals surface area contributed by atoms with E-state index in [1.165, 1.54) is 10.9 Å². The summed E-state index contributed by atoms with van der Waals surface area (Å²) in [5, 5.41) is 3.92. The van der Waals surface area contributed by atoms with E-state index < -0.39 is 11.5 Å². The van der Waals surface area contributed by atoms with Crippen molar-refractivity contribution in [1.82, 2.24) is 19.7 Å². The van der Waals surface area contributed by atoms with Gasteiger partial charge in [-0.1, -0.05) is 0 Å². The molecule has 1 N–H and O–H groups in total. The number of ether oxygens (including phenoxy) is 1. The number of aromatic amines is 1. The highest BCUT2D eigenvalue weighted by Crippen LogP contribution is 2.04. The molecule has 0 aromatic carbocycles. The molecule has 0 atom stereocenters. The van der Waals surface area contributed by atoms with Crippen LogP contribution in [-0.4, -0.2) is 32.3 Å². The first kappa shape index (κ1) is 10.3. The van der Waals surface area contributed by atoms with Crippen LogP contribution in [0.4, 0.5) is 0 Å². The molecule has 16 heavy (non-hydrogen) atoms. The molecule has 0 radical (unpaired) electrons. The molecule has 0 spiro atoms. The minimum absolute atomic E-state index is 0.199. The van der Waals surface area contributed by atoms with Gasteiger partial charge in [-0.2, -0.15) is 5.10 Å². The summed E-state index contributed by atoms with van der Waals surface area (Å²) in [5.74, 6) is -0.727. The molecule has 0 aliphatic carbocycles. The third kappa shape index (κ3) is 1.56. The number of carbonyl (C=O) groups is 1. The summed E-state index contributed by atoms with van der Waals surface area (Å²) in [4.78, 5) is 29.4. The zero-order valence-electron chi connectivity index (χ0n) is 8.85. The van der Waals surface area contributed by atoms with Gasteiger partial charge in [0, 0.05) is 7.05 Å². The quantitative estimate of drug-likeness (QED) is 0.712. The smallest absolute Gasteiger partial charge is 0.362 e. The van der Waals surface area contributed by atoms with Gasteiger partial charge < -0.3 is 9.72 Å². The van der Waals surface area contributed by atoms with E-state index >= 15 is 0 Å². The highest BCUT2D eigenvalue weighted by molar-refractivity contribution is 5.88. The van der Waals surface area contributed by atoms with Gasteiger partial charge in [-0.05, 0) is 6.92 Å². The van der Waals surface area contributed by atoms with Crippen LogP contribution in [0, 0.1) is 0 Å². The maximum absolute atomic E-state index is 11.5. The second-order valence-electron chi connectivity index (χ2n) is 3.14. The molecule has 7 heteroatoms. The number of aryl methyl sites for hydroxylation is 1. The molecule has 0 saturated heterocycles. The summed E-state index contributed by atoms with van der Waals surface area (Å²) in [6, 6.07) is 0. The molecule has 0 aliphatic rings. The summed E-state index contributed by atoms with van der Waals surface area (Å²) in [6.45, 7) is 1.86. The maximum Gasteiger partial charge on any atom is 0.362 e. The van der Waals surface area contributed by atoms with Crippen molar-refractivity contribution in [2.75, 3.05) is 6.61 Å². The van der Waals surface area contributed by atoms with Crippen molar-refractivity contribution in [2.45, 2.75) is 6.92 Å². The standard InChI is InChI=1S/C9H10N4O3/c1-3-16-9(15)6-8(14)12-7-5(11-6)4-10-13(7)2/h4H,3H2,1-2H3,(H,12,14). The number of fused-ring (bicyclic) bond motifs is 1. The molecule has 2 heterocycles. The van der Waals surface area contributed by atoms with Crippen LogP contribution >= 0.6 is 0 Å². The van der Waals surface area contributed by atoms with Crippen molar-refractivity contribution in [3.8, 4) is 0 Å². The Morgan fingerprint density at radius 3 is 3.06 bits per heavy atom. The summed E-state index contributed by atoms with van der Waals surface area (Å²) in [6.07, 6.45) is 1.47. The first-order valence-electron chi connectivity index (χ1n) is 4.72. The third-order valence-electron chi connectivity index (χ3n) is 2.07. The number of hydrogen-bond donors (Lipinski definition) is 1. The van der Waals surface area contributed by atoms with Crippen LogP contribution < -0.4 is 5.56 Å². The van der Waals surface area contributed by atoms with Crippen LogP contribution in [0.25, 0.3) is 11.2 Å². The first-order valence-corrected chi connectivity index (χ1v) is 4.72. The lowest BCUT2D eigenvalue weighted by Gasteiger charge is -2.00. The van der Waals surface area contributed by atoms with Crippen molar-refractivity contribution in [1.29, 1.82) is 0 Å². The largest absolute Gasteiger partial charge is 0.461 e. The van der Waals surface area contributed by atoms with Gasteiger partial charge in [0.05, 0.1) is 12.8 Å². The van der Waals surface area contributed by atoms with Gasteiger partial charge in [0.25, 0.3) is 5.56 Å². The molecule has 0 aliphatic heterocycles. The lowest BCUT2D eigenvalue weighted by molar-refractivity contribution is 0.0517. The Morgan fingerprint density at radius 2 is 2.38 bits per heavy atom. The topological polar surface area (TPSA) is 89.9 Å². The lowest BCUT2D eigenvalue weighted by Crippen LogP contribution is -2.22. The van der Waals surface area contributed by atoms with Crippen molar-refractivity contribution in [3.05, 3.63) is 22.2 Å². The average Bonchev–Trinajstić information content (AvgIpc) is 2.59. The van der Waals surface area contributed by atoms with Gasteiger partial charge >= 0.3 is 5.97 Å².